The zero-order valence-corrected chi connectivity index (χ0v) is 12.4. The maximum atomic E-state index is 9.30. The average molecular weight is 260 g/mol. The summed E-state index contributed by atoms with van der Waals surface area (Å²) in [5, 5.41) is 12.6. The molecule has 0 saturated carbocycles. The van der Waals surface area contributed by atoms with Crippen molar-refractivity contribution in [3.8, 4) is 11.8 Å². The Labute approximate surface area is 116 Å². The molecule has 1 N–H and O–H groups in total. The van der Waals surface area contributed by atoms with Crippen molar-refractivity contribution >= 4 is 0 Å². The standard InChI is InChI=1S/C16H24N2O/c1-5-10-18-16(4,12-17)11-14(3)19-15-8-6-13(2)7-9-15/h6-9,14,18H,5,10-11H2,1-4H3. The van der Waals surface area contributed by atoms with Crippen molar-refractivity contribution in [1.29, 1.82) is 5.26 Å². The lowest BCUT2D eigenvalue weighted by Gasteiger charge is -2.27. The molecule has 0 amide bonds. The monoisotopic (exact) mass is 260 g/mol. The summed E-state index contributed by atoms with van der Waals surface area (Å²) in [5.74, 6) is 0.855. The molecule has 1 aromatic carbocycles. The molecule has 0 bridgehead atoms. The molecule has 2 unspecified atom stereocenters. The molecule has 3 heteroatoms. The molecular formula is C16H24N2O. The molecule has 1 rings (SSSR count). The van der Waals surface area contributed by atoms with Crippen LogP contribution in [0.1, 0.15) is 39.2 Å². The number of rotatable bonds is 7. The molecule has 0 aliphatic heterocycles. The van der Waals surface area contributed by atoms with Crippen LogP contribution in [0.4, 0.5) is 0 Å². The first-order chi connectivity index (χ1) is 8.99. The van der Waals surface area contributed by atoms with Crippen molar-refractivity contribution in [2.45, 2.75) is 52.2 Å². The number of ether oxygens (including phenoxy) is 1. The molecule has 0 fully saturated rings. The van der Waals surface area contributed by atoms with Gasteiger partial charge in [0.2, 0.25) is 0 Å². The summed E-state index contributed by atoms with van der Waals surface area (Å²) in [6.07, 6.45) is 1.68. The maximum Gasteiger partial charge on any atom is 0.119 e. The highest BCUT2D eigenvalue weighted by Gasteiger charge is 2.26. The summed E-state index contributed by atoms with van der Waals surface area (Å²) in [5.41, 5.74) is 0.687. The molecule has 19 heavy (non-hydrogen) atoms. The molecule has 0 aliphatic rings. The van der Waals surface area contributed by atoms with Gasteiger partial charge in [-0.1, -0.05) is 24.6 Å². The molecule has 0 aliphatic carbocycles. The molecule has 1 aromatic rings. The lowest BCUT2D eigenvalue weighted by molar-refractivity contribution is 0.180. The molecular weight excluding hydrogens is 236 g/mol. The Morgan fingerprint density at radius 3 is 2.53 bits per heavy atom. The van der Waals surface area contributed by atoms with E-state index < -0.39 is 5.54 Å². The van der Waals surface area contributed by atoms with Gasteiger partial charge >= 0.3 is 0 Å². The third kappa shape index (κ3) is 5.32. The van der Waals surface area contributed by atoms with Crippen LogP contribution < -0.4 is 10.1 Å². The second-order valence-corrected chi connectivity index (χ2v) is 5.32. The third-order valence-electron chi connectivity index (χ3n) is 3.07. The second kappa shape index (κ2) is 7.16. The van der Waals surface area contributed by atoms with Crippen LogP contribution in [-0.4, -0.2) is 18.2 Å². The molecule has 0 spiro atoms. The van der Waals surface area contributed by atoms with E-state index in [1.807, 2.05) is 38.1 Å². The van der Waals surface area contributed by atoms with Crippen LogP contribution in [0.5, 0.6) is 5.75 Å². The number of hydrogen-bond acceptors (Lipinski definition) is 3. The van der Waals surface area contributed by atoms with Gasteiger partial charge in [0, 0.05) is 6.42 Å². The van der Waals surface area contributed by atoms with Crippen LogP contribution >= 0.6 is 0 Å². The summed E-state index contributed by atoms with van der Waals surface area (Å²) < 4.78 is 5.86. The van der Waals surface area contributed by atoms with Crippen molar-refractivity contribution in [1.82, 2.24) is 5.32 Å². The van der Waals surface area contributed by atoms with Gasteiger partial charge < -0.3 is 4.74 Å². The minimum atomic E-state index is -0.528. The third-order valence-corrected chi connectivity index (χ3v) is 3.07. The van der Waals surface area contributed by atoms with E-state index in [0.29, 0.717) is 6.42 Å². The largest absolute Gasteiger partial charge is 0.491 e. The molecule has 0 heterocycles. The van der Waals surface area contributed by atoms with Gasteiger partial charge in [0.1, 0.15) is 11.3 Å². The summed E-state index contributed by atoms with van der Waals surface area (Å²) in [4.78, 5) is 0. The Hall–Kier alpha value is -1.53. The van der Waals surface area contributed by atoms with Gasteiger partial charge in [-0.15, -0.1) is 0 Å². The summed E-state index contributed by atoms with van der Waals surface area (Å²) in [6.45, 7) is 8.92. The molecule has 2 atom stereocenters. The Morgan fingerprint density at radius 2 is 2.00 bits per heavy atom. The highest BCUT2D eigenvalue weighted by molar-refractivity contribution is 5.26. The number of nitriles is 1. The average Bonchev–Trinajstić information content (AvgIpc) is 2.39. The molecule has 104 valence electrons. The fraction of sp³-hybridized carbons (Fsp3) is 0.562. The molecule has 0 radical (unpaired) electrons. The lowest BCUT2D eigenvalue weighted by Crippen LogP contribution is -2.44. The first-order valence-corrected chi connectivity index (χ1v) is 6.88. The van der Waals surface area contributed by atoms with Crippen LogP contribution in [0.15, 0.2) is 24.3 Å². The van der Waals surface area contributed by atoms with E-state index >= 15 is 0 Å². The van der Waals surface area contributed by atoms with Crippen LogP contribution in [0.2, 0.25) is 0 Å². The maximum absolute atomic E-state index is 9.30. The first kappa shape index (κ1) is 15.5. The van der Waals surface area contributed by atoms with Crippen LogP contribution in [-0.2, 0) is 0 Å². The molecule has 3 nitrogen and oxygen atoms in total. The van der Waals surface area contributed by atoms with Gasteiger partial charge in [0.25, 0.3) is 0 Å². The van der Waals surface area contributed by atoms with E-state index in [1.165, 1.54) is 5.56 Å². The second-order valence-electron chi connectivity index (χ2n) is 5.32. The number of nitrogens with one attached hydrogen (secondary N) is 1. The smallest absolute Gasteiger partial charge is 0.119 e. The van der Waals surface area contributed by atoms with Crippen molar-refractivity contribution in [3.05, 3.63) is 29.8 Å². The van der Waals surface area contributed by atoms with Gasteiger partial charge in [0.05, 0.1) is 12.2 Å². The zero-order valence-electron chi connectivity index (χ0n) is 12.4. The van der Waals surface area contributed by atoms with Crippen LogP contribution in [0, 0.1) is 18.3 Å². The van der Waals surface area contributed by atoms with Gasteiger partial charge in [-0.3, -0.25) is 5.32 Å². The number of hydrogen-bond donors (Lipinski definition) is 1. The van der Waals surface area contributed by atoms with Gasteiger partial charge in [-0.2, -0.15) is 5.26 Å². The van der Waals surface area contributed by atoms with E-state index in [9.17, 15) is 5.26 Å². The Balaban J connectivity index is 2.56. The topological polar surface area (TPSA) is 45.0 Å². The Morgan fingerprint density at radius 1 is 1.37 bits per heavy atom. The Bertz CT molecular complexity index is 421. The van der Waals surface area contributed by atoms with E-state index in [0.717, 1.165) is 18.7 Å². The normalized spacial score (nSPS) is 15.3. The van der Waals surface area contributed by atoms with E-state index in [4.69, 9.17) is 4.74 Å². The fourth-order valence-corrected chi connectivity index (χ4v) is 2.02. The Kier molecular flexibility index (Phi) is 5.85. The first-order valence-electron chi connectivity index (χ1n) is 6.88. The minimum Gasteiger partial charge on any atom is -0.491 e. The predicted octanol–water partition coefficient (Wildman–Crippen LogP) is 3.43. The quantitative estimate of drug-likeness (QED) is 0.817. The summed E-state index contributed by atoms with van der Waals surface area (Å²) in [6, 6.07) is 10.3. The number of nitrogens with zero attached hydrogens (tertiary/aromatic N) is 1. The van der Waals surface area contributed by atoms with Crippen molar-refractivity contribution < 1.29 is 4.74 Å². The van der Waals surface area contributed by atoms with E-state index in [1.54, 1.807) is 0 Å². The summed E-state index contributed by atoms with van der Waals surface area (Å²) in [7, 11) is 0. The molecule has 0 aromatic heterocycles. The van der Waals surface area contributed by atoms with E-state index in [2.05, 4.69) is 25.2 Å². The fourth-order valence-electron chi connectivity index (χ4n) is 2.02. The van der Waals surface area contributed by atoms with Crippen molar-refractivity contribution in [2.24, 2.45) is 0 Å². The van der Waals surface area contributed by atoms with Gasteiger partial charge in [-0.05, 0) is 45.9 Å². The van der Waals surface area contributed by atoms with Crippen molar-refractivity contribution in [2.75, 3.05) is 6.54 Å². The zero-order chi connectivity index (χ0) is 14.3. The van der Waals surface area contributed by atoms with Crippen molar-refractivity contribution in [3.63, 3.8) is 0 Å². The van der Waals surface area contributed by atoms with Gasteiger partial charge in [-0.25, -0.2) is 0 Å². The predicted molar refractivity (Wildman–Crippen MR) is 78.2 cm³/mol. The van der Waals surface area contributed by atoms with Gasteiger partial charge in [0.15, 0.2) is 0 Å². The summed E-state index contributed by atoms with van der Waals surface area (Å²) >= 11 is 0. The van der Waals surface area contributed by atoms with Crippen LogP contribution in [0.3, 0.4) is 0 Å². The SMILES string of the molecule is CCCNC(C)(C#N)CC(C)Oc1ccc(C)cc1. The highest BCUT2D eigenvalue weighted by Crippen LogP contribution is 2.18. The van der Waals surface area contributed by atoms with E-state index in [-0.39, 0.29) is 6.10 Å². The molecule has 0 saturated heterocycles. The minimum absolute atomic E-state index is 0.00304. The number of benzene rings is 1. The lowest BCUT2D eigenvalue weighted by atomic mass is 9.96. The highest BCUT2D eigenvalue weighted by atomic mass is 16.5. The van der Waals surface area contributed by atoms with Crippen LogP contribution in [0.25, 0.3) is 0 Å². The number of aryl methyl sites for hydroxylation is 1.